The Balaban J connectivity index is 2.07. The van der Waals surface area contributed by atoms with Gasteiger partial charge < -0.3 is 19.5 Å². The van der Waals surface area contributed by atoms with E-state index in [1.165, 1.54) is 128 Å². The predicted octanol–water partition coefficient (Wildman–Crippen LogP) is 12.6. The molecule has 57 heavy (non-hydrogen) atoms. The number of hydrogen-bond donors (Lipinski definition) is 1. The molecule has 2 unspecified atom stereocenters. The zero-order valence-electron chi connectivity index (χ0n) is 38.8. The number of hydrogen-bond acceptors (Lipinski definition) is 7. The molecule has 1 N–H and O–H groups in total. The third kappa shape index (κ3) is 21.8. The van der Waals surface area contributed by atoms with E-state index in [1.54, 1.807) is 0 Å². The number of carbonyl (C=O) groups excluding carboxylic acids is 2. The minimum atomic E-state index is -0.0932. The third-order valence-corrected chi connectivity index (χ3v) is 14.4. The average molecular weight is 805 g/mol. The third-order valence-electron chi connectivity index (χ3n) is 14.4. The van der Waals surface area contributed by atoms with Gasteiger partial charge in [0.1, 0.15) is 13.2 Å². The standard InChI is InChI=1S/C50H96N2O5/c1-7-13-21-43(22-14-8-2)45(25-17-11-5)27-29-48(54)56-41-47(52-38-33-50(34-39-52)31-36-51(37-32-50)35-19-20-40-53)42-57-49(55)30-28-46(26-18-12-6)44(23-15-9-3)24-16-10-4/h43-47,53H,7-42H2,1-6H3. The molecule has 0 saturated carbocycles. The maximum absolute atomic E-state index is 13.5. The van der Waals surface area contributed by atoms with Gasteiger partial charge in [0.2, 0.25) is 0 Å². The van der Waals surface area contributed by atoms with Gasteiger partial charge in [0, 0.05) is 19.4 Å². The summed E-state index contributed by atoms with van der Waals surface area (Å²) >= 11 is 0. The van der Waals surface area contributed by atoms with Crippen LogP contribution in [0.5, 0.6) is 0 Å². The molecule has 0 aromatic rings. The maximum Gasteiger partial charge on any atom is 0.305 e. The molecule has 0 aliphatic carbocycles. The van der Waals surface area contributed by atoms with Gasteiger partial charge >= 0.3 is 11.9 Å². The van der Waals surface area contributed by atoms with Gasteiger partial charge in [-0.25, -0.2) is 0 Å². The highest BCUT2D eigenvalue weighted by Crippen LogP contribution is 2.42. The van der Waals surface area contributed by atoms with Crippen LogP contribution in [0.1, 0.15) is 221 Å². The lowest BCUT2D eigenvalue weighted by Crippen LogP contribution is -2.51. The van der Waals surface area contributed by atoms with E-state index < -0.39 is 0 Å². The number of rotatable bonds is 35. The van der Waals surface area contributed by atoms with Crippen molar-refractivity contribution in [1.29, 1.82) is 0 Å². The van der Waals surface area contributed by atoms with Crippen LogP contribution in [0.2, 0.25) is 0 Å². The highest BCUT2D eigenvalue weighted by molar-refractivity contribution is 5.70. The number of carbonyl (C=O) groups is 2. The topological polar surface area (TPSA) is 79.3 Å². The van der Waals surface area contributed by atoms with Crippen LogP contribution < -0.4 is 0 Å². The van der Waals surface area contributed by atoms with Gasteiger partial charge in [0.25, 0.3) is 0 Å². The summed E-state index contributed by atoms with van der Waals surface area (Å²) in [7, 11) is 0. The zero-order chi connectivity index (χ0) is 41.6. The first-order valence-corrected chi connectivity index (χ1v) is 25.2. The highest BCUT2D eigenvalue weighted by atomic mass is 16.5. The van der Waals surface area contributed by atoms with Gasteiger partial charge in [-0.1, -0.05) is 157 Å². The summed E-state index contributed by atoms with van der Waals surface area (Å²) in [5, 5.41) is 9.22. The fourth-order valence-electron chi connectivity index (χ4n) is 10.2. The Morgan fingerprint density at radius 2 is 0.860 bits per heavy atom. The Morgan fingerprint density at radius 3 is 1.21 bits per heavy atom. The van der Waals surface area contributed by atoms with Crippen LogP contribution >= 0.6 is 0 Å². The van der Waals surface area contributed by atoms with Crippen LogP contribution in [-0.4, -0.2) is 85.4 Å². The summed E-state index contributed by atoms with van der Waals surface area (Å²) in [6.07, 6.45) is 32.1. The SMILES string of the molecule is CCCCC(CCCC)C(CCCC)CCC(=O)OCC(COC(=O)CCC(CCCC)C(CCCC)CCCC)N1CCC2(CCN(CCCCO)CC2)CC1. The molecule has 1 spiro atoms. The minimum Gasteiger partial charge on any atom is -0.464 e. The first-order chi connectivity index (χ1) is 27.8. The van der Waals surface area contributed by atoms with Crippen molar-refractivity contribution in [2.75, 3.05) is 52.5 Å². The van der Waals surface area contributed by atoms with Crippen molar-refractivity contribution in [2.24, 2.45) is 29.1 Å². The molecule has 2 fully saturated rings. The number of nitrogens with zero attached hydrogens (tertiary/aromatic N) is 2. The number of aliphatic hydroxyl groups is 1. The van der Waals surface area contributed by atoms with Crippen molar-refractivity contribution in [3.63, 3.8) is 0 Å². The van der Waals surface area contributed by atoms with Crippen molar-refractivity contribution in [3.8, 4) is 0 Å². The Hall–Kier alpha value is -1.18. The van der Waals surface area contributed by atoms with Crippen LogP contribution in [-0.2, 0) is 19.1 Å². The summed E-state index contributed by atoms with van der Waals surface area (Å²) < 4.78 is 12.3. The molecule has 7 heteroatoms. The highest BCUT2D eigenvalue weighted by Gasteiger charge is 2.39. The van der Waals surface area contributed by atoms with Gasteiger partial charge in [0.05, 0.1) is 6.04 Å². The predicted molar refractivity (Wildman–Crippen MR) is 241 cm³/mol. The van der Waals surface area contributed by atoms with Gasteiger partial charge in [-0.3, -0.25) is 14.5 Å². The van der Waals surface area contributed by atoms with E-state index in [9.17, 15) is 14.7 Å². The molecule has 0 radical (unpaired) electrons. The first-order valence-electron chi connectivity index (χ1n) is 25.2. The Kier molecular flexibility index (Phi) is 29.7. The van der Waals surface area contributed by atoms with Crippen LogP contribution in [0.4, 0.5) is 0 Å². The molecule has 7 nitrogen and oxygen atoms in total. The van der Waals surface area contributed by atoms with Crippen molar-refractivity contribution < 1.29 is 24.2 Å². The molecule has 2 atom stereocenters. The van der Waals surface area contributed by atoms with E-state index in [-0.39, 0.29) is 24.6 Å². The van der Waals surface area contributed by atoms with E-state index in [0.29, 0.717) is 55.1 Å². The summed E-state index contributed by atoms with van der Waals surface area (Å²) in [5.74, 6) is 2.44. The molecule has 0 amide bonds. The fraction of sp³-hybridized carbons (Fsp3) is 0.960. The second kappa shape index (κ2) is 32.6. The molecule has 2 aliphatic rings. The molecular weight excluding hydrogens is 709 g/mol. The van der Waals surface area contributed by atoms with Crippen LogP contribution in [0.15, 0.2) is 0 Å². The molecule has 2 aliphatic heterocycles. The van der Waals surface area contributed by atoms with Crippen LogP contribution in [0, 0.1) is 29.1 Å². The number of ether oxygens (including phenoxy) is 2. The van der Waals surface area contributed by atoms with E-state index in [2.05, 4.69) is 51.3 Å². The largest absolute Gasteiger partial charge is 0.464 e. The molecule has 336 valence electrons. The zero-order valence-corrected chi connectivity index (χ0v) is 38.8. The lowest BCUT2D eigenvalue weighted by Gasteiger charge is -2.48. The quantitative estimate of drug-likeness (QED) is 0.0505. The van der Waals surface area contributed by atoms with Crippen molar-refractivity contribution in [1.82, 2.24) is 9.80 Å². The molecular formula is C50H96N2O5. The van der Waals surface area contributed by atoms with E-state index in [4.69, 9.17) is 9.47 Å². The van der Waals surface area contributed by atoms with Gasteiger partial charge in [-0.2, -0.15) is 0 Å². The van der Waals surface area contributed by atoms with Crippen molar-refractivity contribution in [3.05, 3.63) is 0 Å². The number of likely N-dealkylation sites (tertiary alicyclic amines) is 2. The molecule has 2 saturated heterocycles. The maximum atomic E-state index is 13.5. The Morgan fingerprint density at radius 1 is 0.509 bits per heavy atom. The summed E-state index contributed by atoms with van der Waals surface area (Å²) in [6, 6.07) is -0.0932. The van der Waals surface area contributed by atoms with Crippen LogP contribution in [0.25, 0.3) is 0 Å². The number of piperidine rings is 2. The number of esters is 2. The Labute approximate surface area is 353 Å². The van der Waals surface area contributed by atoms with Gasteiger partial charge in [-0.15, -0.1) is 0 Å². The number of unbranched alkanes of at least 4 members (excludes halogenated alkanes) is 7. The lowest BCUT2D eigenvalue weighted by molar-refractivity contribution is -0.151. The lowest BCUT2D eigenvalue weighted by atomic mass is 9.71. The summed E-state index contributed by atoms with van der Waals surface area (Å²) in [5.41, 5.74) is 0.390. The Bertz CT molecular complexity index is 906. The molecule has 0 bridgehead atoms. The summed E-state index contributed by atoms with van der Waals surface area (Å²) in [6.45, 7) is 20.0. The second-order valence-corrected chi connectivity index (χ2v) is 18.8. The van der Waals surface area contributed by atoms with E-state index in [1.807, 2.05) is 0 Å². The fourth-order valence-corrected chi connectivity index (χ4v) is 10.2. The molecule has 0 aromatic heterocycles. The van der Waals surface area contributed by atoms with Gasteiger partial charge in [-0.05, 0) is 113 Å². The molecule has 2 heterocycles. The van der Waals surface area contributed by atoms with Crippen LogP contribution in [0.3, 0.4) is 0 Å². The van der Waals surface area contributed by atoms with Gasteiger partial charge in [0.15, 0.2) is 0 Å². The molecule has 0 aromatic carbocycles. The van der Waals surface area contributed by atoms with E-state index >= 15 is 0 Å². The van der Waals surface area contributed by atoms with Crippen molar-refractivity contribution in [2.45, 2.75) is 227 Å². The smallest absolute Gasteiger partial charge is 0.305 e. The van der Waals surface area contributed by atoms with Crippen molar-refractivity contribution >= 4 is 11.9 Å². The normalized spacial score (nSPS) is 18.0. The average Bonchev–Trinajstić information content (AvgIpc) is 3.23. The summed E-state index contributed by atoms with van der Waals surface area (Å²) in [4.78, 5) is 32.0. The second-order valence-electron chi connectivity index (χ2n) is 18.8. The monoisotopic (exact) mass is 805 g/mol. The number of aliphatic hydroxyl groups excluding tert-OH is 1. The first kappa shape index (κ1) is 52.0. The minimum absolute atomic E-state index is 0.0800. The van der Waals surface area contributed by atoms with E-state index in [0.717, 1.165) is 71.2 Å². The molecule has 2 rings (SSSR count).